The van der Waals surface area contributed by atoms with Crippen molar-refractivity contribution in [3.8, 4) is 0 Å². The molecule has 0 saturated carbocycles. The molecule has 4 nitrogen and oxygen atoms in total. The van der Waals surface area contributed by atoms with Gasteiger partial charge in [-0.2, -0.15) is 0 Å². The van der Waals surface area contributed by atoms with Crippen LogP contribution in [0.15, 0.2) is 24.5 Å². The fraction of sp³-hybridized carbons (Fsp3) is 0.333. The SMILES string of the molecule is Cl.Cl.NC(CCC(=O)O)c1ccncc1. The smallest absolute Gasteiger partial charge is 0.303 e. The van der Waals surface area contributed by atoms with E-state index in [1.807, 2.05) is 0 Å². The van der Waals surface area contributed by atoms with Crippen molar-refractivity contribution < 1.29 is 9.90 Å². The van der Waals surface area contributed by atoms with Crippen molar-refractivity contribution in [2.75, 3.05) is 0 Å². The van der Waals surface area contributed by atoms with Crippen LogP contribution in [-0.2, 0) is 4.79 Å². The second-order valence-electron chi connectivity index (χ2n) is 2.82. The van der Waals surface area contributed by atoms with E-state index < -0.39 is 5.97 Å². The predicted molar refractivity (Wildman–Crippen MR) is 62.5 cm³/mol. The first kappa shape index (κ1) is 16.6. The van der Waals surface area contributed by atoms with Crippen molar-refractivity contribution in [2.45, 2.75) is 18.9 Å². The number of carboxylic acid groups (broad SMARTS) is 1. The van der Waals surface area contributed by atoms with Gasteiger partial charge in [-0.3, -0.25) is 9.78 Å². The zero-order valence-corrected chi connectivity index (χ0v) is 9.63. The highest BCUT2D eigenvalue weighted by molar-refractivity contribution is 5.85. The number of halogens is 2. The molecule has 3 N–H and O–H groups in total. The molecule has 0 saturated heterocycles. The summed E-state index contributed by atoms with van der Waals surface area (Å²) >= 11 is 0. The van der Waals surface area contributed by atoms with E-state index in [1.165, 1.54) is 0 Å². The van der Waals surface area contributed by atoms with Crippen molar-refractivity contribution in [1.29, 1.82) is 0 Å². The predicted octanol–water partition coefficient (Wildman–Crippen LogP) is 1.79. The third-order valence-corrected chi connectivity index (χ3v) is 1.80. The topological polar surface area (TPSA) is 76.2 Å². The van der Waals surface area contributed by atoms with Crippen molar-refractivity contribution in [3.63, 3.8) is 0 Å². The molecule has 1 atom stereocenters. The molecule has 15 heavy (non-hydrogen) atoms. The third kappa shape index (κ3) is 6.28. The van der Waals surface area contributed by atoms with Gasteiger partial charge in [-0.1, -0.05) is 0 Å². The van der Waals surface area contributed by atoms with Gasteiger partial charge in [-0.05, 0) is 24.1 Å². The summed E-state index contributed by atoms with van der Waals surface area (Å²) < 4.78 is 0. The van der Waals surface area contributed by atoms with E-state index in [9.17, 15) is 4.79 Å². The van der Waals surface area contributed by atoms with E-state index in [-0.39, 0.29) is 37.3 Å². The fourth-order valence-electron chi connectivity index (χ4n) is 1.06. The molecule has 0 aliphatic rings. The maximum atomic E-state index is 10.3. The third-order valence-electron chi connectivity index (χ3n) is 1.80. The Morgan fingerprint density at radius 2 is 1.93 bits per heavy atom. The van der Waals surface area contributed by atoms with Crippen LogP contribution in [0.3, 0.4) is 0 Å². The van der Waals surface area contributed by atoms with Gasteiger partial charge >= 0.3 is 5.97 Å². The molecule has 0 spiro atoms. The van der Waals surface area contributed by atoms with E-state index in [0.29, 0.717) is 6.42 Å². The standard InChI is InChI=1S/C9H12N2O2.2ClH/c10-8(1-2-9(12)13)7-3-5-11-6-4-7;;/h3-6,8H,1-2,10H2,(H,12,13);2*1H. The average Bonchev–Trinajstić information content (AvgIpc) is 2.15. The van der Waals surface area contributed by atoms with Gasteiger partial charge in [0, 0.05) is 24.9 Å². The summed E-state index contributed by atoms with van der Waals surface area (Å²) in [5, 5.41) is 8.44. The normalized spacial score (nSPS) is 10.7. The lowest BCUT2D eigenvalue weighted by atomic mass is 10.0. The summed E-state index contributed by atoms with van der Waals surface area (Å²) in [6.45, 7) is 0. The maximum absolute atomic E-state index is 10.3. The lowest BCUT2D eigenvalue weighted by Crippen LogP contribution is -2.12. The Kier molecular flexibility index (Phi) is 9.36. The van der Waals surface area contributed by atoms with E-state index in [0.717, 1.165) is 5.56 Å². The second-order valence-corrected chi connectivity index (χ2v) is 2.82. The van der Waals surface area contributed by atoms with Gasteiger partial charge in [0.15, 0.2) is 0 Å². The quantitative estimate of drug-likeness (QED) is 0.857. The van der Waals surface area contributed by atoms with Gasteiger partial charge in [-0.15, -0.1) is 24.8 Å². The minimum Gasteiger partial charge on any atom is -0.481 e. The molecule has 86 valence electrons. The summed E-state index contributed by atoms with van der Waals surface area (Å²) in [6.07, 6.45) is 3.86. The Bertz CT molecular complexity index is 283. The van der Waals surface area contributed by atoms with Crippen LogP contribution >= 0.6 is 24.8 Å². The number of hydrogen-bond donors (Lipinski definition) is 2. The number of aliphatic carboxylic acids is 1. The number of rotatable bonds is 4. The molecule has 1 rings (SSSR count). The Balaban J connectivity index is 0. The van der Waals surface area contributed by atoms with Gasteiger partial charge in [-0.25, -0.2) is 0 Å². The summed E-state index contributed by atoms with van der Waals surface area (Å²) in [5.74, 6) is -0.815. The average molecular weight is 253 g/mol. The van der Waals surface area contributed by atoms with Gasteiger partial charge in [0.2, 0.25) is 0 Å². The second kappa shape index (κ2) is 8.47. The number of carboxylic acids is 1. The number of nitrogens with two attached hydrogens (primary N) is 1. The van der Waals surface area contributed by atoms with Crippen LogP contribution in [-0.4, -0.2) is 16.1 Å². The Morgan fingerprint density at radius 3 is 2.40 bits per heavy atom. The molecule has 0 radical (unpaired) electrons. The molecule has 1 heterocycles. The lowest BCUT2D eigenvalue weighted by molar-refractivity contribution is -0.137. The summed E-state index contributed by atoms with van der Waals surface area (Å²) in [7, 11) is 0. The first-order chi connectivity index (χ1) is 6.20. The molecule has 1 aromatic rings. The molecule has 0 amide bonds. The molecule has 1 unspecified atom stereocenters. The summed E-state index contributed by atoms with van der Waals surface area (Å²) in [4.78, 5) is 14.1. The maximum Gasteiger partial charge on any atom is 0.303 e. The molecular weight excluding hydrogens is 239 g/mol. The summed E-state index contributed by atoms with van der Waals surface area (Å²) in [6, 6.07) is 3.39. The first-order valence-corrected chi connectivity index (χ1v) is 4.07. The van der Waals surface area contributed by atoms with Crippen molar-refractivity contribution in [1.82, 2.24) is 4.98 Å². The Morgan fingerprint density at radius 1 is 1.40 bits per heavy atom. The van der Waals surface area contributed by atoms with Crippen molar-refractivity contribution >= 4 is 30.8 Å². The van der Waals surface area contributed by atoms with E-state index in [1.54, 1.807) is 24.5 Å². The number of aromatic nitrogens is 1. The lowest BCUT2D eigenvalue weighted by Gasteiger charge is -2.09. The molecular formula is C9H14Cl2N2O2. The van der Waals surface area contributed by atoms with Crippen LogP contribution in [0, 0.1) is 0 Å². The monoisotopic (exact) mass is 252 g/mol. The highest BCUT2D eigenvalue weighted by Crippen LogP contribution is 2.13. The molecule has 0 bridgehead atoms. The minimum atomic E-state index is -0.815. The fourth-order valence-corrected chi connectivity index (χ4v) is 1.06. The molecule has 0 fully saturated rings. The zero-order chi connectivity index (χ0) is 9.68. The molecule has 1 aromatic heterocycles. The van der Waals surface area contributed by atoms with Crippen molar-refractivity contribution in [2.24, 2.45) is 5.73 Å². The number of nitrogens with zero attached hydrogens (tertiary/aromatic N) is 1. The molecule has 0 aliphatic heterocycles. The van der Waals surface area contributed by atoms with Crippen LogP contribution in [0.5, 0.6) is 0 Å². The van der Waals surface area contributed by atoms with Crippen LogP contribution < -0.4 is 5.73 Å². The number of hydrogen-bond acceptors (Lipinski definition) is 3. The molecule has 0 aliphatic carbocycles. The summed E-state index contributed by atoms with van der Waals surface area (Å²) in [5.41, 5.74) is 6.68. The Labute approximate surface area is 101 Å². The minimum absolute atomic E-state index is 0. The van der Waals surface area contributed by atoms with Crippen LogP contribution in [0.4, 0.5) is 0 Å². The number of carbonyl (C=O) groups is 1. The zero-order valence-electron chi connectivity index (χ0n) is 8.00. The van der Waals surface area contributed by atoms with Gasteiger partial charge in [0.1, 0.15) is 0 Å². The van der Waals surface area contributed by atoms with Gasteiger partial charge in [0.25, 0.3) is 0 Å². The van der Waals surface area contributed by atoms with Crippen molar-refractivity contribution in [3.05, 3.63) is 30.1 Å². The highest BCUT2D eigenvalue weighted by Gasteiger charge is 2.07. The van der Waals surface area contributed by atoms with Crippen LogP contribution in [0.25, 0.3) is 0 Å². The first-order valence-electron chi connectivity index (χ1n) is 4.07. The Hall–Kier alpha value is -0.840. The van der Waals surface area contributed by atoms with Gasteiger partial charge in [0.05, 0.1) is 0 Å². The van der Waals surface area contributed by atoms with Gasteiger partial charge < -0.3 is 10.8 Å². The van der Waals surface area contributed by atoms with E-state index in [2.05, 4.69) is 4.98 Å². The largest absolute Gasteiger partial charge is 0.481 e. The molecule has 0 aromatic carbocycles. The van der Waals surface area contributed by atoms with E-state index in [4.69, 9.17) is 10.8 Å². The van der Waals surface area contributed by atoms with Crippen LogP contribution in [0.2, 0.25) is 0 Å². The molecule has 6 heteroatoms. The van der Waals surface area contributed by atoms with Crippen LogP contribution in [0.1, 0.15) is 24.4 Å². The highest BCUT2D eigenvalue weighted by atomic mass is 35.5. The number of pyridine rings is 1. The van der Waals surface area contributed by atoms with E-state index >= 15 is 0 Å².